The van der Waals surface area contributed by atoms with Gasteiger partial charge >= 0.3 is 6.18 Å². The number of thiophene rings is 1. The van der Waals surface area contributed by atoms with Crippen LogP contribution in [0.3, 0.4) is 0 Å². The number of amides is 1. The summed E-state index contributed by atoms with van der Waals surface area (Å²) in [6, 6.07) is 12.6. The van der Waals surface area contributed by atoms with Crippen molar-refractivity contribution in [1.82, 2.24) is 4.98 Å². The number of nitrogens with one attached hydrogen (secondary N) is 1. The Balaban J connectivity index is 1.67. The number of hydrogen-bond acceptors (Lipinski definition) is 5. The van der Waals surface area contributed by atoms with Gasteiger partial charge < -0.3 is 11.1 Å². The monoisotopic (exact) mass is 533 g/mol. The van der Waals surface area contributed by atoms with E-state index in [1.54, 1.807) is 25.1 Å². The molecular formula is C23H15BrF3N3O2S. The number of pyridine rings is 1. The number of anilines is 2. The van der Waals surface area contributed by atoms with Gasteiger partial charge in [-0.2, -0.15) is 13.2 Å². The fourth-order valence-electron chi connectivity index (χ4n) is 3.25. The SMILES string of the molecule is Cc1nc2sc(C(=O)Nc3cccc(Br)c3)c(N)c2cc1C(=O)c1ccc(C(F)(F)F)cc1. The molecule has 0 saturated heterocycles. The summed E-state index contributed by atoms with van der Waals surface area (Å²) < 4.78 is 39.2. The van der Waals surface area contributed by atoms with E-state index >= 15 is 0 Å². The molecule has 2 aromatic heterocycles. The zero-order chi connectivity index (χ0) is 23.9. The highest BCUT2D eigenvalue weighted by molar-refractivity contribution is 9.10. The van der Waals surface area contributed by atoms with Crippen LogP contribution in [0.2, 0.25) is 0 Å². The quantitative estimate of drug-likeness (QED) is 0.295. The van der Waals surface area contributed by atoms with Crippen LogP contribution in [0.15, 0.2) is 59.1 Å². The normalized spacial score (nSPS) is 11.5. The lowest BCUT2D eigenvalue weighted by atomic mass is 10.00. The minimum absolute atomic E-state index is 0.0914. The largest absolute Gasteiger partial charge is 0.416 e. The van der Waals surface area contributed by atoms with Crippen molar-refractivity contribution in [3.05, 3.63) is 86.3 Å². The summed E-state index contributed by atoms with van der Waals surface area (Å²) >= 11 is 4.44. The Morgan fingerprint density at radius 3 is 2.42 bits per heavy atom. The van der Waals surface area contributed by atoms with E-state index in [9.17, 15) is 22.8 Å². The lowest BCUT2D eigenvalue weighted by Gasteiger charge is -2.08. The first-order valence-corrected chi connectivity index (χ1v) is 11.1. The molecule has 4 aromatic rings. The number of carbonyl (C=O) groups is 2. The molecule has 0 spiro atoms. The molecule has 33 heavy (non-hydrogen) atoms. The molecule has 0 unspecified atom stereocenters. The standard InChI is InChI=1S/C23H15BrF3N3O2S/c1-11-16(19(31)12-5-7-13(8-6-12)23(25,26)27)10-17-18(28)20(33-22(17)29-11)21(32)30-15-4-2-3-14(24)9-15/h2-10H,28H2,1H3,(H,30,32). The molecule has 168 valence electrons. The summed E-state index contributed by atoms with van der Waals surface area (Å²) in [4.78, 5) is 30.9. The van der Waals surface area contributed by atoms with Crippen molar-refractivity contribution in [3.8, 4) is 0 Å². The number of aryl methyl sites for hydroxylation is 1. The van der Waals surface area contributed by atoms with Gasteiger partial charge in [-0.25, -0.2) is 4.98 Å². The molecule has 0 aliphatic rings. The Morgan fingerprint density at radius 1 is 1.09 bits per heavy atom. The maximum atomic E-state index is 13.0. The molecule has 0 bridgehead atoms. The van der Waals surface area contributed by atoms with Crippen molar-refractivity contribution in [2.75, 3.05) is 11.1 Å². The molecule has 2 heterocycles. The van der Waals surface area contributed by atoms with Gasteiger partial charge in [0.1, 0.15) is 9.71 Å². The Morgan fingerprint density at radius 2 is 1.79 bits per heavy atom. The highest BCUT2D eigenvalue weighted by Crippen LogP contribution is 2.35. The molecule has 0 fully saturated rings. The summed E-state index contributed by atoms with van der Waals surface area (Å²) in [6.07, 6.45) is -4.49. The van der Waals surface area contributed by atoms with Crippen molar-refractivity contribution in [2.45, 2.75) is 13.1 Å². The summed E-state index contributed by atoms with van der Waals surface area (Å²) in [7, 11) is 0. The van der Waals surface area contributed by atoms with Crippen LogP contribution >= 0.6 is 27.3 Å². The number of nitrogen functional groups attached to an aromatic ring is 1. The topological polar surface area (TPSA) is 85.1 Å². The molecule has 0 aliphatic heterocycles. The predicted molar refractivity (Wildman–Crippen MR) is 126 cm³/mol. The summed E-state index contributed by atoms with van der Waals surface area (Å²) in [5.41, 5.74) is 6.80. The Bertz CT molecular complexity index is 1400. The molecule has 0 aliphatic carbocycles. The van der Waals surface area contributed by atoms with Gasteiger partial charge in [-0.15, -0.1) is 11.3 Å². The smallest absolute Gasteiger partial charge is 0.397 e. The van der Waals surface area contributed by atoms with E-state index in [2.05, 4.69) is 26.2 Å². The third kappa shape index (κ3) is 4.62. The number of nitrogens with two attached hydrogens (primary N) is 1. The van der Waals surface area contributed by atoms with E-state index in [0.29, 0.717) is 21.6 Å². The van der Waals surface area contributed by atoms with E-state index in [0.717, 1.165) is 40.1 Å². The van der Waals surface area contributed by atoms with E-state index in [1.165, 1.54) is 6.07 Å². The Kier molecular flexibility index (Phi) is 5.98. The van der Waals surface area contributed by atoms with Gasteiger partial charge in [-0.1, -0.05) is 34.1 Å². The number of nitrogens with zero attached hydrogens (tertiary/aromatic N) is 1. The molecule has 5 nitrogen and oxygen atoms in total. The molecule has 1 amide bonds. The van der Waals surface area contributed by atoms with Gasteiger partial charge in [0.25, 0.3) is 5.91 Å². The number of benzene rings is 2. The van der Waals surface area contributed by atoms with Crippen LogP contribution in [0, 0.1) is 6.92 Å². The first-order chi connectivity index (χ1) is 15.5. The number of aromatic nitrogens is 1. The lowest BCUT2D eigenvalue weighted by Crippen LogP contribution is -2.11. The average molecular weight is 534 g/mol. The third-order valence-corrected chi connectivity index (χ3v) is 6.53. The van der Waals surface area contributed by atoms with Gasteiger partial charge in [0.15, 0.2) is 5.78 Å². The number of ketones is 1. The zero-order valence-electron chi connectivity index (χ0n) is 17.0. The van der Waals surface area contributed by atoms with E-state index < -0.39 is 23.4 Å². The van der Waals surface area contributed by atoms with Crippen molar-refractivity contribution in [3.63, 3.8) is 0 Å². The highest BCUT2D eigenvalue weighted by Gasteiger charge is 2.30. The summed E-state index contributed by atoms with van der Waals surface area (Å²) in [5.74, 6) is -0.900. The fraction of sp³-hybridized carbons (Fsp3) is 0.0870. The second kappa shape index (κ2) is 8.60. The van der Waals surface area contributed by atoms with Gasteiger partial charge in [-0.3, -0.25) is 9.59 Å². The van der Waals surface area contributed by atoms with Gasteiger partial charge in [0.2, 0.25) is 0 Å². The number of carbonyl (C=O) groups excluding carboxylic acids is 2. The van der Waals surface area contributed by atoms with Crippen LogP contribution in [0.25, 0.3) is 10.2 Å². The van der Waals surface area contributed by atoms with Gasteiger partial charge in [-0.05, 0) is 43.3 Å². The first kappa shape index (κ1) is 22.9. The molecule has 0 atom stereocenters. The third-order valence-electron chi connectivity index (χ3n) is 4.92. The maximum absolute atomic E-state index is 13.0. The van der Waals surface area contributed by atoms with Gasteiger partial charge in [0, 0.05) is 26.7 Å². The summed E-state index contributed by atoms with van der Waals surface area (Å²) in [6.45, 7) is 1.62. The van der Waals surface area contributed by atoms with Crippen molar-refractivity contribution >= 4 is 60.5 Å². The molecule has 0 radical (unpaired) electrons. The van der Waals surface area contributed by atoms with E-state index in [1.807, 2.05) is 6.07 Å². The van der Waals surface area contributed by atoms with Crippen molar-refractivity contribution < 1.29 is 22.8 Å². The Hall–Kier alpha value is -3.24. The summed E-state index contributed by atoms with van der Waals surface area (Å²) in [5, 5.41) is 3.20. The van der Waals surface area contributed by atoms with E-state index in [4.69, 9.17) is 5.73 Å². The minimum atomic E-state index is -4.49. The van der Waals surface area contributed by atoms with Crippen molar-refractivity contribution in [1.29, 1.82) is 0 Å². The van der Waals surface area contributed by atoms with Crippen LogP contribution in [-0.2, 0) is 6.18 Å². The van der Waals surface area contributed by atoms with Crippen LogP contribution in [-0.4, -0.2) is 16.7 Å². The van der Waals surface area contributed by atoms with Crippen molar-refractivity contribution in [2.24, 2.45) is 0 Å². The second-order valence-electron chi connectivity index (χ2n) is 7.19. The number of halogens is 4. The number of fused-ring (bicyclic) bond motifs is 1. The average Bonchev–Trinajstić information content (AvgIpc) is 3.07. The van der Waals surface area contributed by atoms with Crippen LogP contribution in [0.4, 0.5) is 24.5 Å². The molecule has 0 saturated carbocycles. The molecule has 10 heteroatoms. The predicted octanol–water partition coefficient (Wildman–Crippen LogP) is 6.45. The molecular weight excluding hydrogens is 519 g/mol. The molecule has 4 rings (SSSR count). The van der Waals surface area contributed by atoms with E-state index in [-0.39, 0.29) is 21.7 Å². The zero-order valence-corrected chi connectivity index (χ0v) is 19.4. The van der Waals surface area contributed by atoms with Crippen LogP contribution < -0.4 is 11.1 Å². The Labute approximate surface area is 198 Å². The van der Waals surface area contributed by atoms with Gasteiger partial charge in [0.05, 0.1) is 16.9 Å². The van der Waals surface area contributed by atoms with Crippen LogP contribution in [0.5, 0.6) is 0 Å². The number of hydrogen-bond donors (Lipinski definition) is 2. The minimum Gasteiger partial charge on any atom is -0.397 e. The highest BCUT2D eigenvalue weighted by atomic mass is 79.9. The first-order valence-electron chi connectivity index (χ1n) is 9.53. The fourth-order valence-corrected chi connectivity index (χ4v) is 4.66. The lowest BCUT2D eigenvalue weighted by molar-refractivity contribution is -0.137. The number of alkyl halides is 3. The van der Waals surface area contributed by atoms with Crippen LogP contribution in [0.1, 0.15) is 36.9 Å². The molecule has 2 aromatic carbocycles. The number of rotatable bonds is 4. The second-order valence-corrected chi connectivity index (χ2v) is 9.10. The maximum Gasteiger partial charge on any atom is 0.416 e. The molecule has 3 N–H and O–H groups in total.